The first kappa shape index (κ1) is 20.0. The lowest BCUT2D eigenvalue weighted by atomic mass is 10.2. The Morgan fingerprint density at radius 1 is 1.27 bits per heavy atom. The second-order valence-corrected chi connectivity index (χ2v) is 8.72. The lowest BCUT2D eigenvalue weighted by Gasteiger charge is -2.26. The van der Waals surface area contributed by atoms with Gasteiger partial charge in [-0.2, -0.15) is 14.7 Å². The zero-order valence-electron chi connectivity index (χ0n) is 16.3. The van der Waals surface area contributed by atoms with Gasteiger partial charge in [-0.05, 0) is 36.8 Å². The van der Waals surface area contributed by atoms with Crippen LogP contribution in [0.25, 0.3) is 11.0 Å². The Morgan fingerprint density at radius 2 is 2.03 bits per heavy atom. The van der Waals surface area contributed by atoms with Crippen molar-refractivity contribution in [2.24, 2.45) is 5.10 Å². The molecule has 0 aliphatic carbocycles. The van der Waals surface area contributed by atoms with Crippen LogP contribution in [0.15, 0.2) is 52.5 Å². The molecule has 2 N–H and O–H groups in total. The van der Waals surface area contributed by atoms with Crippen molar-refractivity contribution in [2.45, 2.75) is 11.8 Å². The first-order valence-electron chi connectivity index (χ1n) is 9.36. The summed E-state index contributed by atoms with van der Waals surface area (Å²) in [5, 5.41) is 13.7. The summed E-state index contributed by atoms with van der Waals surface area (Å²) >= 11 is 0. The molecule has 154 valence electrons. The SMILES string of the molecule is Cc1ccc(S(=O)(=O)N2CCOCC2)cc1N/N=C(\C#N)c1nc2ccccc2[nH]1. The Bertz CT molecular complexity index is 1220. The summed E-state index contributed by atoms with van der Waals surface area (Å²) in [4.78, 5) is 7.59. The van der Waals surface area contributed by atoms with Crippen LogP contribution in [0.3, 0.4) is 0 Å². The summed E-state index contributed by atoms with van der Waals surface area (Å²) in [6, 6.07) is 14.2. The Labute approximate surface area is 174 Å². The fraction of sp³-hybridized carbons (Fsp3) is 0.250. The number of nitriles is 1. The van der Waals surface area contributed by atoms with Crippen molar-refractivity contribution in [3.8, 4) is 6.07 Å². The van der Waals surface area contributed by atoms with Crippen LogP contribution in [0, 0.1) is 18.3 Å². The van der Waals surface area contributed by atoms with Crippen LogP contribution in [0.5, 0.6) is 0 Å². The van der Waals surface area contributed by atoms with E-state index in [1.54, 1.807) is 12.1 Å². The van der Waals surface area contributed by atoms with Crippen molar-refractivity contribution in [2.75, 3.05) is 31.7 Å². The molecule has 9 nitrogen and oxygen atoms in total. The highest BCUT2D eigenvalue weighted by atomic mass is 32.2. The van der Waals surface area contributed by atoms with E-state index < -0.39 is 10.0 Å². The highest BCUT2D eigenvalue weighted by Crippen LogP contribution is 2.24. The van der Waals surface area contributed by atoms with Crippen molar-refractivity contribution in [1.82, 2.24) is 14.3 Å². The zero-order valence-corrected chi connectivity index (χ0v) is 17.1. The van der Waals surface area contributed by atoms with E-state index in [-0.39, 0.29) is 10.6 Å². The summed E-state index contributed by atoms with van der Waals surface area (Å²) in [6.45, 7) is 3.23. The van der Waals surface area contributed by atoms with Gasteiger partial charge in [-0.25, -0.2) is 13.4 Å². The second-order valence-electron chi connectivity index (χ2n) is 6.78. The normalized spacial score (nSPS) is 15.8. The molecule has 0 unspecified atom stereocenters. The first-order valence-corrected chi connectivity index (χ1v) is 10.8. The smallest absolute Gasteiger partial charge is 0.243 e. The molecular weight excluding hydrogens is 404 g/mol. The summed E-state index contributed by atoms with van der Waals surface area (Å²) in [7, 11) is -3.63. The zero-order chi connectivity index (χ0) is 21.1. The van der Waals surface area contributed by atoms with Gasteiger partial charge in [-0.15, -0.1) is 0 Å². The van der Waals surface area contributed by atoms with Crippen LogP contribution in [0.4, 0.5) is 5.69 Å². The minimum atomic E-state index is -3.63. The molecule has 0 radical (unpaired) electrons. The number of aromatic amines is 1. The molecule has 1 aliphatic rings. The lowest BCUT2D eigenvalue weighted by Crippen LogP contribution is -2.40. The Morgan fingerprint density at radius 3 is 2.77 bits per heavy atom. The molecule has 0 saturated carbocycles. The van der Waals surface area contributed by atoms with Crippen LogP contribution in [-0.4, -0.2) is 54.7 Å². The molecule has 1 fully saturated rings. The molecule has 0 bridgehead atoms. The summed E-state index contributed by atoms with van der Waals surface area (Å²) < 4.78 is 32.5. The average molecular weight is 424 g/mol. The number of benzene rings is 2. The van der Waals surface area contributed by atoms with Crippen molar-refractivity contribution in [3.63, 3.8) is 0 Å². The van der Waals surface area contributed by atoms with Gasteiger partial charge in [-0.1, -0.05) is 18.2 Å². The van der Waals surface area contributed by atoms with Gasteiger partial charge in [0.05, 0.1) is 34.8 Å². The number of rotatable bonds is 5. The van der Waals surface area contributed by atoms with Gasteiger partial charge in [0.1, 0.15) is 6.07 Å². The van der Waals surface area contributed by atoms with Gasteiger partial charge in [0, 0.05) is 13.1 Å². The molecule has 3 aromatic rings. The van der Waals surface area contributed by atoms with Crippen LogP contribution in [-0.2, 0) is 14.8 Å². The third-order valence-corrected chi connectivity index (χ3v) is 6.72. The summed E-state index contributed by atoms with van der Waals surface area (Å²) in [5.74, 6) is 0.334. The van der Waals surface area contributed by atoms with Crippen molar-refractivity contribution in [1.29, 1.82) is 5.26 Å². The topological polar surface area (TPSA) is 123 Å². The molecule has 2 heterocycles. The third kappa shape index (κ3) is 3.91. The Balaban J connectivity index is 1.62. The number of nitrogens with zero attached hydrogens (tertiary/aromatic N) is 4. The molecular formula is C20H20N6O3S. The number of sulfonamides is 1. The maximum atomic E-state index is 12.9. The number of morpholine rings is 1. The fourth-order valence-corrected chi connectivity index (χ4v) is 4.56. The van der Waals surface area contributed by atoms with Crippen LogP contribution >= 0.6 is 0 Å². The fourth-order valence-electron chi connectivity index (χ4n) is 3.13. The predicted molar refractivity (Wildman–Crippen MR) is 113 cm³/mol. The maximum absolute atomic E-state index is 12.9. The summed E-state index contributed by atoms with van der Waals surface area (Å²) in [6.07, 6.45) is 0. The summed E-state index contributed by atoms with van der Waals surface area (Å²) in [5.41, 5.74) is 5.69. The van der Waals surface area contributed by atoms with E-state index in [4.69, 9.17) is 4.74 Å². The number of para-hydroxylation sites is 2. The largest absolute Gasteiger partial charge is 0.379 e. The monoisotopic (exact) mass is 424 g/mol. The molecule has 1 saturated heterocycles. The molecule has 30 heavy (non-hydrogen) atoms. The van der Waals surface area contributed by atoms with Gasteiger partial charge < -0.3 is 9.72 Å². The van der Waals surface area contributed by atoms with E-state index in [1.807, 2.05) is 37.3 Å². The van der Waals surface area contributed by atoms with Gasteiger partial charge in [0.25, 0.3) is 0 Å². The van der Waals surface area contributed by atoms with Gasteiger partial charge >= 0.3 is 0 Å². The number of anilines is 1. The number of nitrogens with one attached hydrogen (secondary N) is 2. The van der Waals surface area contributed by atoms with Gasteiger partial charge in [-0.3, -0.25) is 5.43 Å². The number of ether oxygens (including phenoxy) is 1. The minimum Gasteiger partial charge on any atom is -0.379 e. The average Bonchev–Trinajstić information content (AvgIpc) is 3.20. The molecule has 1 aromatic heterocycles. The molecule has 1 aliphatic heterocycles. The number of fused-ring (bicyclic) bond motifs is 1. The number of H-pyrrole nitrogens is 1. The number of hydrogen-bond donors (Lipinski definition) is 2. The van der Waals surface area contributed by atoms with Crippen molar-refractivity contribution in [3.05, 3.63) is 53.9 Å². The van der Waals surface area contributed by atoms with Gasteiger partial charge in [0.15, 0.2) is 5.82 Å². The number of aryl methyl sites for hydroxylation is 1. The van der Waals surface area contributed by atoms with E-state index in [0.717, 1.165) is 16.6 Å². The van der Waals surface area contributed by atoms with Gasteiger partial charge in [0.2, 0.25) is 15.7 Å². The van der Waals surface area contributed by atoms with E-state index in [1.165, 1.54) is 10.4 Å². The van der Waals surface area contributed by atoms with Crippen molar-refractivity contribution < 1.29 is 13.2 Å². The highest BCUT2D eigenvalue weighted by molar-refractivity contribution is 7.89. The predicted octanol–water partition coefficient (Wildman–Crippen LogP) is 2.23. The molecule has 0 spiro atoms. The number of hydrazone groups is 1. The first-order chi connectivity index (χ1) is 14.5. The molecule has 0 amide bonds. The van der Waals surface area contributed by atoms with Crippen molar-refractivity contribution >= 4 is 32.5 Å². The lowest BCUT2D eigenvalue weighted by molar-refractivity contribution is 0.0730. The second kappa shape index (κ2) is 8.23. The number of hydrogen-bond acceptors (Lipinski definition) is 7. The van der Waals surface area contributed by atoms with E-state index in [2.05, 4.69) is 20.5 Å². The standard InChI is InChI=1S/C20H20N6O3S/c1-14-6-7-15(30(27,28)26-8-10-29-11-9-26)12-18(14)24-25-19(13-21)20-22-16-4-2-3-5-17(16)23-20/h2-7,12,24H,8-11H2,1H3,(H,22,23)/b25-19+. The quantitative estimate of drug-likeness (QED) is 0.478. The van der Waals surface area contributed by atoms with Crippen LogP contribution in [0.1, 0.15) is 11.4 Å². The van der Waals surface area contributed by atoms with Crippen LogP contribution in [0.2, 0.25) is 0 Å². The molecule has 0 atom stereocenters. The third-order valence-electron chi connectivity index (χ3n) is 4.82. The highest BCUT2D eigenvalue weighted by Gasteiger charge is 2.26. The maximum Gasteiger partial charge on any atom is 0.243 e. The van der Waals surface area contributed by atoms with E-state index in [9.17, 15) is 13.7 Å². The van der Waals surface area contributed by atoms with Crippen LogP contribution < -0.4 is 5.43 Å². The van der Waals surface area contributed by atoms with E-state index in [0.29, 0.717) is 37.8 Å². The molecule has 4 rings (SSSR count). The minimum absolute atomic E-state index is 0.0621. The molecule has 2 aromatic carbocycles. The Kier molecular flexibility index (Phi) is 5.50. The number of aromatic nitrogens is 2. The van der Waals surface area contributed by atoms with E-state index >= 15 is 0 Å². The Hall–Kier alpha value is -3.26. The molecule has 10 heteroatoms. The number of imidazole rings is 1.